The van der Waals surface area contributed by atoms with Crippen LogP contribution in [0.4, 0.5) is 6.01 Å². The highest BCUT2D eigenvalue weighted by molar-refractivity contribution is 6.30. The van der Waals surface area contributed by atoms with Crippen LogP contribution in [-0.4, -0.2) is 58.1 Å². The van der Waals surface area contributed by atoms with Crippen LogP contribution in [0.3, 0.4) is 0 Å². The minimum absolute atomic E-state index is 0.00254. The van der Waals surface area contributed by atoms with E-state index >= 15 is 0 Å². The van der Waals surface area contributed by atoms with Gasteiger partial charge in [0.1, 0.15) is 5.76 Å². The minimum Gasteiger partial charge on any atom is -0.476 e. The van der Waals surface area contributed by atoms with Gasteiger partial charge in [0.2, 0.25) is 0 Å². The number of rotatable bonds is 8. The summed E-state index contributed by atoms with van der Waals surface area (Å²) in [7, 11) is 1.60. The number of Topliss-reactive ketones (excluding diaryl/α,β-unsaturated/α-hetero) is 1. The SMILES string of the molecule is CCc1[nH]c(C(=O)C[C@@H]2CCN(c3nc(C(=O)O)c(CC)o3)C[C@@H]2OC)nc1Cl. The lowest BCUT2D eigenvalue weighted by Gasteiger charge is -2.36. The molecule has 3 rings (SSSR count). The van der Waals surface area contributed by atoms with Crippen LogP contribution in [0.2, 0.25) is 5.15 Å². The molecule has 3 heterocycles. The quantitative estimate of drug-likeness (QED) is 0.620. The predicted octanol–water partition coefficient (Wildman–Crippen LogP) is 2.99. The maximum Gasteiger partial charge on any atom is 0.358 e. The second-order valence-corrected chi connectivity index (χ2v) is 7.39. The van der Waals surface area contributed by atoms with Crippen molar-refractivity contribution < 1.29 is 23.8 Å². The number of imidazole rings is 1. The molecule has 0 amide bonds. The first-order valence-corrected chi connectivity index (χ1v) is 10.0. The monoisotopic (exact) mass is 424 g/mol. The number of aromatic nitrogens is 3. The van der Waals surface area contributed by atoms with Crippen molar-refractivity contribution >= 4 is 29.4 Å². The third kappa shape index (κ3) is 4.45. The first-order chi connectivity index (χ1) is 13.9. The molecule has 158 valence electrons. The number of carboxylic acid groups (broad SMARTS) is 1. The summed E-state index contributed by atoms with van der Waals surface area (Å²) in [5.41, 5.74) is 0.688. The van der Waals surface area contributed by atoms with Crippen LogP contribution >= 0.6 is 11.6 Å². The lowest BCUT2D eigenvalue weighted by Crippen LogP contribution is -2.45. The van der Waals surface area contributed by atoms with E-state index in [0.717, 1.165) is 5.69 Å². The number of ketones is 1. The Hall–Kier alpha value is -2.39. The number of aryl methyl sites for hydroxylation is 2. The zero-order valence-electron chi connectivity index (χ0n) is 16.7. The average Bonchev–Trinajstić information content (AvgIpc) is 3.31. The van der Waals surface area contributed by atoms with Crippen molar-refractivity contribution in [2.75, 3.05) is 25.1 Å². The van der Waals surface area contributed by atoms with Gasteiger partial charge in [-0.1, -0.05) is 25.4 Å². The molecule has 0 aromatic carbocycles. The molecule has 10 heteroatoms. The standard InChI is InChI=1S/C19H25ClN4O5/c1-4-11-16(20)23-17(21-11)12(25)8-10-6-7-24(9-14(10)28-3)19-22-15(18(26)27)13(5-2)29-19/h10,14H,4-9H2,1-3H3,(H,21,23)(H,26,27)/t10-,14-/m0/s1. The average molecular weight is 425 g/mol. The number of anilines is 1. The Morgan fingerprint density at radius 2 is 2.10 bits per heavy atom. The van der Waals surface area contributed by atoms with Gasteiger partial charge < -0.3 is 24.1 Å². The topological polar surface area (TPSA) is 122 Å². The Bertz CT molecular complexity index is 893. The molecule has 1 fully saturated rings. The van der Waals surface area contributed by atoms with E-state index in [2.05, 4.69) is 15.0 Å². The van der Waals surface area contributed by atoms with Gasteiger partial charge in [0.05, 0.1) is 11.8 Å². The van der Waals surface area contributed by atoms with Gasteiger partial charge >= 0.3 is 5.97 Å². The van der Waals surface area contributed by atoms with Crippen LogP contribution in [0.1, 0.15) is 59.3 Å². The number of halogens is 1. The molecule has 0 aliphatic carbocycles. The summed E-state index contributed by atoms with van der Waals surface area (Å²) in [6.07, 6.45) is 1.84. The zero-order chi connectivity index (χ0) is 21.1. The van der Waals surface area contributed by atoms with E-state index in [-0.39, 0.29) is 41.8 Å². The molecule has 1 aliphatic heterocycles. The van der Waals surface area contributed by atoms with Crippen LogP contribution in [0.5, 0.6) is 0 Å². The van der Waals surface area contributed by atoms with E-state index in [4.69, 9.17) is 20.8 Å². The first kappa shape index (κ1) is 21.3. The Morgan fingerprint density at radius 3 is 2.66 bits per heavy atom. The second kappa shape index (κ2) is 8.96. The molecule has 2 aromatic heterocycles. The van der Waals surface area contributed by atoms with Crippen LogP contribution in [-0.2, 0) is 17.6 Å². The number of nitrogens with zero attached hydrogens (tertiary/aromatic N) is 3. The fraction of sp³-hybridized carbons (Fsp3) is 0.579. The number of oxazole rings is 1. The third-order valence-corrected chi connectivity index (χ3v) is 5.59. The van der Waals surface area contributed by atoms with Gasteiger partial charge in [-0.05, 0) is 18.8 Å². The number of aromatic carboxylic acids is 1. The van der Waals surface area contributed by atoms with E-state index in [1.807, 2.05) is 18.7 Å². The highest BCUT2D eigenvalue weighted by Gasteiger charge is 2.34. The molecule has 9 nitrogen and oxygen atoms in total. The second-order valence-electron chi connectivity index (χ2n) is 7.03. The maximum atomic E-state index is 12.7. The van der Waals surface area contributed by atoms with Gasteiger partial charge in [0.25, 0.3) is 6.01 Å². The molecule has 0 unspecified atom stereocenters. The molecule has 2 atom stereocenters. The fourth-order valence-corrected chi connectivity index (χ4v) is 3.88. The molecule has 0 spiro atoms. The number of carbonyl (C=O) groups excluding carboxylic acids is 1. The Kier molecular flexibility index (Phi) is 6.59. The Balaban J connectivity index is 1.69. The maximum absolute atomic E-state index is 12.7. The lowest BCUT2D eigenvalue weighted by molar-refractivity contribution is 0.0363. The normalized spacial score (nSPS) is 19.5. The number of ether oxygens (including phenoxy) is 1. The largest absolute Gasteiger partial charge is 0.476 e. The van der Waals surface area contributed by atoms with Crippen LogP contribution in [0.15, 0.2) is 4.42 Å². The Morgan fingerprint density at radius 1 is 1.34 bits per heavy atom. The lowest BCUT2D eigenvalue weighted by atomic mass is 9.89. The van der Waals surface area contributed by atoms with Crippen molar-refractivity contribution in [2.45, 2.75) is 45.6 Å². The molecule has 0 radical (unpaired) electrons. The molecule has 2 aromatic rings. The van der Waals surface area contributed by atoms with Crippen molar-refractivity contribution in [1.29, 1.82) is 0 Å². The van der Waals surface area contributed by atoms with E-state index in [0.29, 0.717) is 43.3 Å². The molecule has 29 heavy (non-hydrogen) atoms. The van der Waals surface area contributed by atoms with E-state index in [9.17, 15) is 14.7 Å². The number of H-pyrrole nitrogens is 1. The van der Waals surface area contributed by atoms with Gasteiger partial charge in [-0.3, -0.25) is 4.79 Å². The van der Waals surface area contributed by atoms with Crippen molar-refractivity contribution in [1.82, 2.24) is 15.0 Å². The van der Waals surface area contributed by atoms with Gasteiger partial charge in [-0.15, -0.1) is 0 Å². The molecule has 0 saturated carbocycles. The van der Waals surface area contributed by atoms with Crippen molar-refractivity contribution in [3.63, 3.8) is 0 Å². The number of methoxy groups -OCH3 is 1. The summed E-state index contributed by atoms with van der Waals surface area (Å²) in [5, 5.41) is 9.61. The first-order valence-electron chi connectivity index (χ1n) is 9.66. The highest BCUT2D eigenvalue weighted by atomic mass is 35.5. The summed E-state index contributed by atoms with van der Waals surface area (Å²) in [5.74, 6) is -0.596. The molecular weight excluding hydrogens is 400 g/mol. The predicted molar refractivity (Wildman–Crippen MR) is 106 cm³/mol. The summed E-state index contributed by atoms with van der Waals surface area (Å²) in [6, 6.07) is 0.275. The van der Waals surface area contributed by atoms with Crippen molar-refractivity contribution in [3.8, 4) is 0 Å². The van der Waals surface area contributed by atoms with Crippen LogP contribution < -0.4 is 4.90 Å². The van der Waals surface area contributed by atoms with Crippen LogP contribution in [0, 0.1) is 5.92 Å². The molecule has 1 saturated heterocycles. The van der Waals surface area contributed by atoms with Crippen LogP contribution in [0.25, 0.3) is 0 Å². The molecule has 0 bridgehead atoms. The van der Waals surface area contributed by atoms with Gasteiger partial charge in [-0.2, -0.15) is 4.98 Å². The van der Waals surface area contributed by atoms with Gasteiger partial charge in [0, 0.05) is 33.0 Å². The smallest absolute Gasteiger partial charge is 0.358 e. The summed E-state index contributed by atoms with van der Waals surface area (Å²) < 4.78 is 11.3. The summed E-state index contributed by atoms with van der Waals surface area (Å²) >= 11 is 6.04. The van der Waals surface area contributed by atoms with Gasteiger partial charge in [-0.25, -0.2) is 9.78 Å². The molecular formula is C19H25ClN4O5. The summed E-state index contributed by atoms with van der Waals surface area (Å²) in [6.45, 7) is 4.79. The number of nitrogens with one attached hydrogen (secondary N) is 1. The number of hydrogen-bond donors (Lipinski definition) is 2. The Labute approximate surface area is 173 Å². The number of carboxylic acids is 1. The van der Waals surface area contributed by atoms with E-state index < -0.39 is 5.97 Å². The van der Waals surface area contributed by atoms with Crippen molar-refractivity contribution in [3.05, 3.63) is 28.1 Å². The fourth-order valence-electron chi connectivity index (χ4n) is 3.61. The highest BCUT2D eigenvalue weighted by Crippen LogP contribution is 2.29. The molecule has 2 N–H and O–H groups in total. The number of aromatic amines is 1. The number of piperidine rings is 1. The van der Waals surface area contributed by atoms with Crippen molar-refractivity contribution in [2.24, 2.45) is 5.92 Å². The summed E-state index contributed by atoms with van der Waals surface area (Å²) in [4.78, 5) is 37.1. The zero-order valence-corrected chi connectivity index (χ0v) is 17.5. The van der Waals surface area contributed by atoms with E-state index in [1.54, 1.807) is 7.11 Å². The number of carbonyl (C=O) groups is 2. The third-order valence-electron chi connectivity index (χ3n) is 5.27. The molecule has 1 aliphatic rings. The minimum atomic E-state index is -1.11. The van der Waals surface area contributed by atoms with E-state index in [1.165, 1.54) is 0 Å². The van der Waals surface area contributed by atoms with Gasteiger partial charge in [0.15, 0.2) is 22.5 Å². The number of hydrogen-bond acceptors (Lipinski definition) is 7.